The summed E-state index contributed by atoms with van der Waals surface area (Å²) in [5, 5.41) is 3.42. The molecule has 2 aromatic carbocycles. The van der Waals surface area contributed by atoms with Crippen molar-refractivity contribution in [2.45, 2.75) is 12.5 Å². The van der Waals surface area contributed by atoms with Crippen LogP contribution in [-0.2, 0) is 14.6 Å². The Hall–Kier alpha value is -2.45. The second kappa shape index (κ2) is 8.92. The maximum absolute atomic E-state index is 13.1. The first-order chi connectivity index (χ1) is 13.8. The summed E-state index contributed by atoms with van der Waals surface area (Å²) >= 11 is 6.18. The number of amides is 1. The van der Waals surface area contributed by atoms with Crippen LogP contribution in [-0.4, -0.2) is 52.6 Å². The highest BCUT2D eigenvalue weighted by atomic mass is 35.5. The Labute approximate surface area is 175 Å². The van der Waals surface area contributed by atoms with Crippen LogP contribution >= 0.6 is 11.6 Å². The standard InChI is InChI=1S/C20H23ClN2O5S/c1-27-18-11-19(28-2)17(10-16(18)21)22-12-20(24)23(14-6-4-3-5-7-14)15-8-9-29(25,26)13-15/h3-7,10-11,15,22H,8-9,12-13H2,1-2H3/t15-/m0/s1. The van der Waals surface area contributed by atoms with Crippen molar-refractivity contribution >= 4 is 38.7 Å². The van der Waals surface area contributed by atoms with Crippen molar-refractivity contribution in [3.63, 3.8) is 0 Å². The molecule has 0 radical (unpaired) electrons. The molecule has 156 valence electrons. The fourth-order valence-electron chi connectivity index (χ4n) is 3.38. The van der Waals surface area contributed by atoms with E-state index in [2.05, 4.69) is 5.32 Å². The zero-order valence-electron chi connectivity index (χ0n) is 16.2. The van der Waals surface area contributed by atoms with E-state index in [0.717, 1.165) is 0 Å². The molecule has 1 aliphatic rings. The van der Waals surface area contributed by atoms with Gasteiger partial charge in [-0.05, 0) is 24.6 Å². The number of sulfone groups is 1. The molecule has 7 nitrogen and oxygen atoms in total. The Morgan fingerprint density at radius 2 is 1.86 bits per heavy atom. The minimum Gasteiger partial charge on any atom is -0.495 e. The van der Waals surface area contributed by atoms with Gasteiger partial charge in [0.25, 0.3) is 0 Å². The molecule has 1 N–H and O–H groups in total. The van der Waals surface area contributed by atoms with Gasteiger partial charge in [-0.1, -0.05) is 29.8 Å². The van der Waals surface area contributed by atoms with Crippen molar-refractivity contribution in [2.24, 2.45) is 0 Å². The predicted molar refractivity (Wildman–Crippen MR) is 114 cm³/mol. The summed E-state index contributed by atoms with van der Waals surface area (Å²) < 4.78 is 34.4. The van der Waals surface area contributed by atoms with Crippen molar-refractivity contribution in [2.75, 3.05) is 42.5 Å². The molecule has 0 saturated carbocycles. The van der Waals surface area contributed by atoms with Crippen LogP contribution in [0.2, 0.25) is 5.02 Å². The van der Waals surface area contributed by atoms with Crippen LogP contribution in [0.1, 0.15) is 6.42 Å². The number of methoxy groups -OCH3 is 2. The molecule has 2 aromatic rings. The lowest BCUT2D eigenvalue weighted by Crippen LogP contribution is -2.44. The number of carbonyl (C=O) groups excluding carboxylic acids is 1. The molecule has 1 saturated heterocycles. The van der Waals surface area contributed by atoms with Crippen molar-refractivity contribution < 1.29 is 22.7 Å². The van der Waals surface area contributed by atoms with Gasteiger partial charge in [-0.3, -0.25) is 4.79 Å². The summed E-state index contributed by atoms with van der Waals surface area (Å²) in [5.74, 6) is 0.748. The van der Waals surface area contributed by atoms with E-state index < -0.39 is 15.9 Å². The summed E-state index contributed by atoms with van der Waals surface area (Å²) in [5.41, 5.74) is 1.21. The van der Waals surface area contributed by atoms with Crippen molar-refractivity contribution in [3.05, 3.63) is 47.5 Å². The Morgan fingerprint density at radius 1 is 1.17 bits per heavy atom. The van der Waals surface area contributed by atoms with Crippen LogP contribution in [0.15, 0.2) is 42.5 Å². The van der Waals surface area contributed by atoms with Crippen LogP contribution in [0.4, 0.5) is 11.4 Å². The fraction of sp³-hybridized carbons (Fsp3) is 0.350. The summed E-state index contributed by atoms with van der Waals surface area (Å²) in [4.78, 5) is 14.7. The topological polar surface area (TPSA) is 84.9 Å². The number of halogens is 1. The Kier molecular flexibility index (Phi) is 6.54. The number of benzene rings is 2. The number of rotatable bonds is 7. The third-order valence-electron chi connectivity index (χ3n) is 4.78. The molecular formula is C20H23ClN2O5S. The first-order valence-corrected chi connectivity index (χ1v) is 11.3. The number of hydrogen-bond acceptors (Lipinski definition) is 6. The lowest BCUT2D eigenvalue weighted by Gasteiger charge is -2.29. The molecule has 1 fully saturated rings. The normalized spacial score (nSPS) is 17.6. The summed E-state index contributed by atoms with van der Waals surface area (Å²) in [6, 6.07) is 11.9. The molecule has 0 unspecified atom stereocenters. The Bertz CT molecular complexity index is 982. The van der Waals surface area contributed by atoms with Crippen LogP contribution < -0.4 is 19.7 Å². The molecule has 1 aliphatic heterocycles. The summed E-state index contributed by atoms with van der Waals surface area (Å²) in [7, 11) is -0.125. The number of ether oxygens (including phenoxy) is 2. The van der Waals surface area contributed by atoms with E-state index in [9.17, 15) is 13.2 Å². The Morgan fingerprint density at radius 3 is 2.45 bits per heavy atom. The average molecular weight is 439 g/mol. The number of carbonyl (C=O) groups is 1. The number of nitrogens with one attached hydrogen (secondary N) is 1. The molecule has 0 spiro atoms. The average Bonchev–Trinajstić information content (AvgIpc) is 3.06. The van der Waals surface area contributed by atoms with Crippen LogP contribution in [0.5, 0.6) is 11.5 Å². The van der Waals surface area contributed by atoms with E-state index in [1.54, 1.807) is 29.2 Å². The van der Waals surface area contributed by atoms with Gasteiger partial charge in [-0.25, -0.2) is 8.42 Å². The van der Waals surface area contributed by atoms with Gasteiger partial charge in [0.15, 0.2) is 9.84 Å². The third kappa shape index (κ3) is 4.94. The summed E-state index contributed by atoms with van der Waals surface area (Å²) in [6.45, 7) is -0.0511. The first kappa shape index (κ1) is 21.3. The lowest BCUT2D eigenvalue weighted by atomic mass is 10.1. The third-order valence-corrected chi connectivity index (χ3v) is 6.83. The molecule has 1 amide bonds. The van der Waals surface area contributed by atoms with E-state index in [0.29, 0.717) is 34.3 Å². The number of hydrogen-bond donors (Lipinski definition) is 1. The highest BCUT2D eigenvalue weighted by molar-refractivity contribution is 7.91. The van der Waals surface area contributed by atoms with Crippen LogP contribution in [0, 0.1) is 0 Å². The van der Waals surface area contributed by atoms with E-state index in [-0.39, 0.29) is 24.0 Å². The zero-order valence-corrected chi connectivity index (χ0v) is 17.8. The quantitative estimate of drug-likeness (QED) is 0.715. The van der Waals surface area contributed by atoms with Gasteiger partial charge in [-0.2, -0.15) is 0 Å². The van der Waals surface area contributed by atoms with Crippen molar-refractivity contribution in [1.29, 1.82) is 0 Å². The van der Waals surface area contributed by atoms with E-state index in [1.807, 2.05) is 18.2 Å². The largest absolute Gasteiger partial charge is 0.495 e. The maximum Gasteiger partial charge on any atom is 0.246 e. The minimum absolute atomic E-state index is 0.0364. The van der Waals surface area contributed by atoms with E-state index in [1.165, 1.54) is 14.2 Å². The molecular weight excluding hydrogens is 416 g/mol. The molecule has 0 aromatic heterocycles. The van der Waals surface area contributed by atoms with Crippen LogP contribution in [0.3, 0.4) is 0 Å². The van der Waals surface area contributed by atoms with Crippen LogP contribution in [0.25, 0.3) is 0 Å². The van der Waals surface area contributed by atoms with E-state index >= 15 is 0 Å². The van der Waals surface area contributed by atoms with Gasteiger partial charge >= 0.3 is 0 Å². The smallest absolute Gasteiger partial charge is 0.246 e. The molecule has 1 atom stereocenters. The van der Waals surface area contributed by atoms with Gasteiger partial charge in [0.2, 0.25) is 5.91 Å². The highest BCUT2D eigenvalue weighted by Crippen LogP contribution is 2.36. The monoisotopic (exact) mass is 438 g/mol. The van der Waals surface area contributed by atoms with E-state index in [4.69, 9.17) is 21.1 Å². The molecule has 9 heteroatoms. The van der Waals surface area contributed by atoms with Crippen molar-refractivity contribution in [1.82, 2.24) is 0 Å². The SMILES string of the molecule is COc1cc(OC)c(NCC(=O)N(c2ccccc2)[C@H]2CCS(=O)(=O)C2)cc1Cl. The second-order valence-corrected chi connectivity index (χ2v) is 9.33. The fourth-order valence-corrected chi connectivity index (χ4v) is 5.32. The molecule has 0 bridgehead atoms. The Balaban J connectivity index is 1.82. The minimum atomic E-state index is -3.14. The molecule has 29 heavy (non-hydrogen) atoms. The number of para-hydroxylation sites is 1. The number of nitrogens with zero attached hydrogens (tertiary/aromatic N) is 1. The second-order valence-electron chi connectivity index (χ2n) is 6.70. The molecule has 1 heterocycles. The maximum atomic E-state index is 13.1. The van der Waals surface area contributed by atoms with Crippen molar-refractivity contribution in [3.8, 4) is 11.5 Å². The van der Waals surface area contributed by atoms with Gasteiger partial charge in [0, 0.05) is 11.8 Å². The number of anilines is 2. The highest BCUT2D eigenvalue weighted by Gasteiger charge is 2.35. The lowest BCUT2D eigenvalue weighted by molar-refractivity contribution is -0.117. The molecule has 3 rings (SSSR count). The predicted octanol–water partition coefficient (Wildman–Crippen LogP) is 2.99. The first-order valence-electron chi connectivity index (χ1n) is 9.07. The zero-order chi connectivity index (χ0) is 21.0. The molecule has 0 aliphatic carbocycles. The van der Waals surface area contributed by atoms with Gasteiger partial charge in [0.05, 0.1) is 49.0 Å². The van der Waals surface area contributed by atoms with Gasteiger partial charge < -0.3 is 19.7 Å². The summed E-state index contributed by atoms with van der Waals surface area (Å²) in [6.07, 6.45) is 0.417. The van der Waals surface area contributed by atoms with Gasteiger partial charge in [0.1, 0.15) is 11.5 Å². The van der Waals surface area contributed by atoms with Gasteiger partial charge in [-0.15, -0.1) is 0 Å².